The van der Waals surface area contributed by atoms with Gasteiger partial charge < -0.3 is 9.84 Å². The minimum absolute atomic E-state index is 0.183. The van der Waals surface area contributed by atoms with Gasteiger partial charge >= 0.3 is 6.01 Å². The number of halogens is 2. The maximum absolute atomic E-state index is 13.4. The third kappa shape index (κ3) is 2.47. The number of nitrogens with zero attached hydrogens (tertiary/aromatic N) is 2. The lowest BCUT2D eigenvalue weighted by Crippen LogP contribution is -2.01. The smallest absolute Gasteiger partial charge is 0.321 e. The van der Waals surface area contributed by atoms with Crippen LogP contribution in [-0.2, 0) is 6.42 Å². The number of nitrogens with one attached hydrogen (secondary N) is 1. The lowest BCUT2D eigenvalue weighted by Gasteiger charge is -1.99. The summed E-state index contributed by atoms with van der Waals surface area (Å²) in [6.07, 6.45) is 2.39. The molecular weight excluding hydrogens is 240 g/mol. The summed E-state index contributed by atoms with van der Waals surface area (Å²) in [7, 11) is 0. The molecule has 0 bridgehead atoms. The zero-order valence-electron chi connectivity index (χ0n) is 9.49. The summed E-state index contributed by atoms with van der Waals surface area (Å²) in [5, 5.41) is 6.80. The van der Waals surface area contributed by atoms with Crippen LogP contribution in [0.25, 0.3) is 0 Å². The van der Waals surface area contributed by atoms with Crippen LogP contribution >= 0.6 is 0 Å². The maximum Gasteiger partial charge on any atom is 0.321 e. The van der Waals surface area contributed by atoms with Crippen LogP contribution in [-0.4, -0.2) is 16.2 Å². The Bertz CT molecular complexity index is 566. The molecule has 1 heterocycles. The topological polar surface area (TPSA) is 51.0 Å². The average Bonchev–Trinajstić information content (AvgIpc) is 3.02. The van der Waals surface area contributed by atoms with Crippen molar-refractivity contribution < 1.29 is 13.3 Å². The average molecular weight is 251 g/mol. The van der Waals surface area contributed by atoms with Gasteiger partial charge in [0.25, 0.3) is 0 Å². The Morgan fingerprint density at radius 1 is 1.33 bits per heavy atom. The summed E-state index contributed by atoms with van der Waals surface area (Å²) >= 11 is 0. The van der Waals surface area contributed by atoms with E-state index in [2.05, 4.69) is 15.5 Å². The van der Waals surface area contributed by atoms with Crippen LogP contribution in [0.2, 0.25) is 0 Å². The molecule has 6 heteroatoms. The number of rotatable bonds is 4. The molecule has 18 heavy (non-hydrogen) atoms. The van der Waals surface area contributed by atoms with Crippen LogP contribution in [0.5, 0.6) is 0 Å². The van der Waals surface area contributed by atoms with E-state index in [0.29, 0.717) is 23.4 Å². The number of anilines is 1. The van der Waals surface area contributed by atoms with Gasteiger partial charge in [0.05, 0.1) is 0 Å². The standard InChI is InChI=1S/C12H11F2N3O/c13-8-2-1-7(10(14)6-8)5-11-16-12(18-17-11)15-9-3-4-9/h1-2,6,9H,3-5H2,(H,15,16,17). The first-order valence-corrected chi connectivity index (χ1v) is 5.74. The fourth-order valence-electron chi connectivity index (χ4n) is 1.62. The predicted molar refractivity (Wildman–Crippen MR) is 60.1 cm³/mol. The van der Waals surface area contributed by atoms with Crippen molar-refractivity contribution in [2.45, 2.75) is 25.3 Å². The highest BCUT2D eigenvalue weighted by atomic mass is 19.1. The van der Waals surface area contributed by atoms with Crippen molar-refractivity contribution in [3.63, 3.8) is 0 Å². The lowest BCUT2D eigenvalue weighted by atomic mass is 10.1. The molecule has 0 amide bonds. The molecule has 1 fully saturated rings. The molecule has 0 saturated heterocycles. The van der Waals surface area contributed by atoms with Gasteiger partial charge in [-0.05, 0) is 24.5 Å². The third-order valence-corrected chi connectivity index (χ3v) is 2.74. The zero-order valence-corrected chi connectivity index (χ0v) is 9.49. The zero-order chi connectivity index (χ0) is 12.5. The molecule has 2 aromatic rings. The number of hydrogen-bond acceptors (Lipinski definition) is 4. The summed E-state index contributed by atoms with van der Waals surface area (Å²) in [4.78, 5) is 4.10. The third-order valence-electron chi connectivity index (χ3n) is 2.74. The van der Waals surface area contributed by atoms with Gasteiger partial charge in [0.15, 0.2) is 5.82 Å². The predicted octanol–water partition coefficient (Wildman–Crippen LogP) is 2.51. The van der Waals surface area contributed by atoms with Crippen LogP contribution in [0.15, 0.2) is 22.7 Å². The van der Waals surface area contributed by atoms with E-state index in [4.69, 9.17) is 4.52 Å². The van der Waals surface area contributed by atoms with E-state index in [9.17, 15) is 8.78 Å². The first kappa shape index (κ1) is 11.1. The molecule has 0 spiro atoms. The second-order valence-corrected chi connectivity index (χ2v) is 4.35. The summed E-state index contributed by atoms with van der Waals surface area (Å²) in [6.45, 7) is 0. The quantitative estimate of drug-likeness (QED) is 0.907. The molecular formula is C12H11F2N3O. The van der Waals surface area contributed by atoms with Crippen molar-refractivity contribution in [3.05, 3.63) is 41.2 Å². The summed E-state index contributed by atoms with van der Waals surface area (Å²) < 4.78 is 31.1. The highest BCUT2D eigenvalue weighted by molar-refractivity contribution is 5.26. The van der Waals surface area contributed by atoms with E-state index in [1.54, 1.807) is 0 Å². The summed E-state index contributed by atoms with van der Waals surface area (Å²) in [5.74, 6) is -0.819. The number of benzene rings is 1. The molecule has 4 nitrogen and oxygen atoms in total. The van der Waals surface area contributed by atoms with Crippen LogP contribution in [0, 0.1) is 11.6 Å². The minimum atomic E-state index is -0.600. The maximum atomic E-state index is 13.4. The highest BCUT2D eigenvalue weighted by Gasteiger charge is 2.23. The molecule has 3 rings (SSSR count). The molecule has 94 valence electrons. The van der Waals surface area contributed by atoms with Gasteiger partial charge in [-0.2, -0.15) is 4.98 Å². The fourth-order valence-corrected chi connectivity index (χ4v) is 1.62. The van der Waals surface area contributed by atoms with E-state index in [0.717, 1.165) is 18.9 Å². The molecule has 1 aliphatic carbocycles. The molecule has 0 aliphatic heterocycles. The van der Waals surface area contributed by atoms with E-state index < -0.39 is 11.6 Å². The molecule has 0 atom stereocenters. The van der Waals surface area contributed by atoms with Crippen LogP contribution < -0.4 is 5.32 Å². The van der Waals surface area contributed by atoms with E-state index >= 15 is 0 Å². The van der Waals surface area contributed by atoms with E-state index in [1.165, 1.54) is 12.1 Å². The Kier molecular flexibility index (Phi) is 2.70. The summed E-state index contributed by atoms with van der Waals surface area (Å²) in [6, 6.07) is 4.21. The van der Waals surface area contributed by atoms with Crippen molar-refractivity contribution >= 4 is 6.01 Å². The van der Waals surface area contributed by atoms with E-state index in [-0.39, 0.29) is 6.42 Å². The van der Waals surface area contributed by atoms with Crippen LogP contribution in [0.1, 0.15) is 24.2 Å². The molecule has 0 radical (unpaired) electrons. The van der Waals surface area contributed by atoms with Crippen LogP contribution in [0.3, 0.4) is 0 Å². The minimum Gasteiger partial charge on any atom is -0.335 e. The molecule has 1 aromatic heterocycles. The normalized spacial score (nSPS) is 14.8. The van der Waals surface area contributed by atoms with Gasteiger partial charge in [0, 0.05) is 18.5 Å². The summed E-state index contributed by atoms with van der Waals surface area (Å²) in [5.41, 5.74) is 0.343. The van der Waals surface area contributed by atoms with Gasteiger partial charge in [-0.3, -0.25) is 0 Å². The molecule has 1 aliphatic rings. The lowest BCUT2D eigenvalue weighted by molar-refractivity contribution is 0.423. The number of hydrogen-bond donors (Lipinski definition) is 1. The monoisotopic (exact) mass is 251 g/mol. The van der Waals surface area contributed by atoms with Gasteiger partial charge in [0.2, 0.25) is 0 Å². The highest BCUT2D eigenvalue weighted by Crippen LogP contribution is 2.24. The van der Waals surface area contributed by atoms with Crippen molar-refractivity contribution in [2.24, 2.45) is 0 Å². The SMILES string of the molecule is Fc1ccc(Cc2noc(NC3CC3)n2)c(F)c1. The van der Waals surface area contributed by atoms with Crippen molar-refractivity contribution in [1.82, 2.24) is 10.1 Å². The molecule has 1 N–H and O–H groups in total. The first-order chi connectivity index (χ1) is 8.70. The van der Waals surface area contributed by atoms with Crippen molar-refractivity contribution in [2.75, 3.05) is 5.32 Å². The second kappa shape index (κ2) is 4.36. The fraction of sp³-hybridized carbons (Fsp3) is 0.333. The Morgan fingerprint density at radius 2 is 2.17 bits per heavy atom. The van der Waals surface area contributed by atoms with Gasteiger partial charge in [-0.1, -0.05) is 11.2 Å². The van der Waals surface area contributed by atoms with Crippen molar-refractivity contribution in [3.8, 4) is 0 Å². The van der Waals surface area contributed by atoms with E-state index in [1.807, 2.05) is 0 Å². The van der Waals surface area contributed by atoms with Crippen LogP contribution in [0.4, 0.5) is 14.8 Å². The first-order valence-electron chi connectivity index (χ1n) is 5.74. The molecule has 0 unspecified atom stereocenters. The largest absolute Gasteiger partial charge is 0.335 e. The molecule has 1 aromatic carbocycles. The van der Waals surface area contributed by atoms with Gasteiger partial charge in [-0.15, -0.1) is 0 Å². The Morgan fingerprint density at radius 3 is 2.89 bits per heavy atom. The Balaban J connectivity index is 1.72. The number of aromatic nitrogens is 2. The second-order valence-electron chi connectivity index (χ2n) is 4.35. The van der Waals surface area contributed by atoms with Gasteiger partial charge in [-0.25, -0.2) is 8.78 Å². The van der Waals surface area contributed by atoms with Gasteiger partial charge in [0.1, 0.15) is 11.6 Å². The Hall–Kier alpha value is -1.98. The Labute approximate surface area is 102 Å². The van der Waals surface area contributed by atoms with Crippen molar-refractivity contribution in [1.29, 1.82) is 0 Å². The molecule has 1 saturated carbocycles.